The molecule has 2 aliphatic rings. The predicted octanol–water partition coefficient (Wildman–Crippen LogP) is 2.65. The lowest BCUT2D eigenvalue weighted by molar-refractivity contribution is -0.137. The second-order valence-electron chi connectivity index (χ2n) is 8.41. The summed E-state index contributed by atoms with van der Waals surface area (Å²) in [5.41, 5.74) is -0.0934. The van der Waals surface area contributed by atoms with Crippen molar-refractivity contribution in [3.05, 3.63) is 34.9 Å². The number of aliphatic hydroxyl groups excluding tert-OH is 1. The first kappa shape index (κ1) is 19.2. The maximum absolute atomic E-state index is 13.0. The molecule has 7 heteroatoms. The molecule has 146 valence electrons. The number of allylic oxidation sites excluding steroid dienone is 1. The number of hydrogen-bond acceptors (Lipinski definition) is 4. The number of ketones is 1. The molecule has 0 saturated heterocycles. The third kappa shape index (κ3) is 3.05. The first-order chi connectivity index (χ1) is 12.6. The molecule has 0 bridgehead atoms. The maximum atomic E-state index is 13.0. The van der Waals surface area contributed by atoms with Gasteiger partial charge in [-0.3, -0.25) is 14.4 Å². The zero-order valence-corrected chi connectivity index (χ0v) is 16.0. The fourth-order valence-corrected chi connectivity index (χ4v) is 4.29. The number of carboxylic acids is 1. The minimum absolute atomic E-state index is 0.232. The third-order valence-corrected chi connectivity index (χ3v) is 5.52. The van der Waals surface area contributed by atoms with E-state index in [4.69, 9.17) is 5.11 Å². The summed E-state index contributed by atoms with van der Waals surface area (Å²) in [5, 5.41) is 22.2. The Kier molecular flexibility index (Phi) is 4.66. The van der Waals surface area contributed by atoms with Crippen LogP contribution in [0.4, 0.5) is 0 Å². The van der Waals surface area contributed by atoms with Gasteiger partial charge in [0.15, 0.2) is 0 Å². The van der Waals surface area contributed by atoms with Crippen LogP contribution in [-0.2, 0) is 20.5 Å². The monoisotopic (exact) mass is 374 g/mol. The lowest BCUT2D eigenvalue weighted by Gasteiger charge is -2.45. The Morgan fingerprint density at radius 2 is 1.81 bits per heavy atom. The number of aliphatic carboxylic acids is 1. The van der Waals surface area contributed by atoms with Gasteiger partial charge in [0.1, 0.15) is 23.4 Å². The molecule has 1 saturated carbocycles. The first-order valence-electron chi connectivity index (χ1n) is 9.31. The van der Waals surface area contributed by atoms with E-state index >= 15 is 0 Å². The first-order valence-corrected chi connectivity index (χ1v) is 9.31. The summed E-state index contributed by atoms with van der Waals surface area (Å²) in [6, 6.07) is 3.59. The SMILES string of the molecule is CC(C)(C)c1ccc2n1C1(CCCCC1)C(O)=C(C(=O)NCC(=O)O)C2=O. The van der Waals surface area contributed by atoms with Gasteiger partial charge in [0.2, 0.25) is 5.78 Å². The molecule has 1 aliphatic heterocycles. The maximum Gasteiger partial charge on any atom is 0.322 e. The molecule has 1 aliphatic carbocycles. The van der Waals surface area contributed by atoms with Gasteiger partial charge in [0.25, 0.3) is 5.91 Å². The number of aliphatic hydroxyl groups is 1. The minimum atomic E-state index is -1.21. The number of fused-ring (bicyclic) bond motifs is 2. The molecule has 3 rings (SSSR count). The Balaban J connectivity index is 2.18. The lowest BCUT2D eigenvalue weighted by Crippen LogP contribution is -2.48. The minimum Gasteiger partial charge on any atom is -0.509 e. The number of carboxylic acid groups (broad SMARTS) is 1. The van der Waals surface area contributed by atoms with Crippen molar-refractivity contribution in [1.82, 2.24) is 9.88 Å². The van der Waals surface area contributed by atoms with E-state index < -0.39 is 29.7 Å². The molecular formula is C20H26N2O5. The zero-order chi connectivity index (χ0) is 20.0. The van der Waals surface area contributed by atoms with Crippen LogP contribution in [0.25, 0.3) is 0 Å². The van der Waals surface area contributed by atoms with Gasteiger partial charge in [0, 0.05) is 11.1 Å². The second kappa shape index (κ2) is 6.55. The van der Waals surface area contributed by atoms with Crippen molar-refractivity contribution in [2.45, 2.75) is 63.8 Å². The second-order valence-corrected chi connectivity index (χ2v) is 8.41. The number of carbonyl (C=O) groups is 3. The molecule has 1 aromatic heterocycles. The van der Waals surface area contributed by atoms with E-state index in [1.165, 1.54) is 0 Å². The van der Waals surface area contributed by atoms with Gasteiger partial charge in [-0.1, -0.05) is 40.0 Å². The van der Waals surface area contributed by atoms with Crippen LogP contribution in [0.2, 0.25) is 0 Å². The third-order valence-electron chi connectivity index (χ3n) is 5.52. The molecule has 3 N–H and O–H groups in total. The fourth-order valence-electron chi connectivity index (χ4n) is 4.29. The molecule has 1 fully saturated rings. The number of nitrogens with zero attached hydrogens (tertiary/aromatic N) is 1. The normalized spacial score (nSPS) is 19.1. The van der Waals surface area contributed by atoms with Gasteiger partial charge < -0.3 is 20.1 Å². The van der Waals surface area contributed by atoms with Crippen LogP contribution in [0.1, 0.15) is 69.1 Å². The molecule has 1 amide bonds. The Bertz CT molecular complexity index is 835. The van der Waals surface area contributed by atoms with Crippen molar-refractivity contribution in [1.29, 1.82) is 0 Å². The van der Waals surface area contributed by atoms with Crippen LogP contribution in [0, 0.1) is 0 Å². The average molecular weight is 374 g/mol. The van der Waals surface area contributed by atoms with Crippen molar-refractivity contribution in [3.8, 4) is 0 Å². The topological polar surface area (TPSA) is 109 Å². The number of nitrogens with one attached hydrogen (secondary N) is 1. The van der Waals surface area contributed by atoms with Gasteiger partial charge in [0.05, 0.1) is 5.69 Å². The van der Waals surface area contributed by atoms with Gasteiger partial charge in [-0.15, -0.1) is 0 Å². The number of hydrogen-bond donors (Lipinski definition) is 3. The van der Waals surface area contributed by atoms with Crippen LogP contribution in [0.5, 0.6) is 0 Å². The van der Waals surface area contributed by atoms with E-state index in [0.717, 1.165) is 25.0 Å². The molecule has 27 heavy (non-hydrogen) atoms. The molecule has 0 atom stereocenters. The summed E-state index contributed by atoms with van der Waals surface area (Å²) in [6.07, 6.45) is 4.05. The van der Waals surface area contributed by atoms with Gasteiger partial charge in [-0.05, 0) is 25.0 Å². The molecule has 1 spiro atoms. The number of rotatable bonds is 3. The number of amides is 1. The quantitative estimate of drug-likeness (QED) is 0.705. The van der Waals surface area contributed by atoms with Crippen molar-refractivity contribution in [3.63, 3.8) is 0 Å². The molecule has 0 radical (unpaired) electrons. The fraction of sp³-hybridized carbons (Fsp3) is 0.550. The largest absolute Gasteiger partial charge is 0.509 e. The highest BCUT2D eigenvalue weighted by Gasteiger charge is 2.49. The van der Waals surface area contributed by atoms with E-state index in [9.17, 15) is 19.5 Å². The van der Waals surface area contributed by atoms with Crippen LogP contribution < -0.4 is 5.32 Å². The van der Waals surface area contributed by atoms with Crippen molar-refractivity contribution < 1.29 is 24.6 Å². The zero-order valence-electron chi connectivity index (χ0n) is 16.0. The van der Waals surface area contributed by atoms with E-state index in [2.05, 4.69) is 5.32 Å². The highest BCUT2D eigenvalue weighted by atomic mass is 16.4. The molecule has 2 heterocycles. The van der Waals surface area contributed by atoms with Crippen LogP contribution >= 0.6 is 0 Å². The highest BCUT2D eigenvalue weighted by Crippen LogP contribution is 2.47. The predicted molar refractivity (Wildman–Crippen MR) is 98.8 cm³/mol. The summed E-state index contributed by atoms with van der Waals surface area (Å²) in [4.78, 5) is 36.3. The van der Waals surface area contributed by atoms with Crippen molar-refractivity contribution in [2.24, 2.45) is 0 Å². The number of Topliss-reactive ketones (excluding diaryl/α,β-unsaturated/α-hetero) is 1. The molecular weight excluding hydrogens is 348 g/mol. The van der Waals surface area contributed by atoms with Gasteiger partial charge in [-0.2, -0.15) is 0 Å². The van der Waals surface area contributed by atoms with Crippen LogP contribution in [-0.4, -0.2) is 39.0 Å². The molecule has 7 nitrogen and oxygen atoms in total. The molecule has 0 unspecified atom stereocenters. The molecule has 0 aromatic carbocycles. The Morgan fingerprint density at radius 1 is 1.19 bits per heavy atom. The summed E-state index contributed by atoms with van der Waals surface area (Å²) in [6.45, 7) is 5.54. The van der Waals surface area contributed by atoms with Crippen molar-refractivity contribution >= 4 is 17.7 Å². The summed E-state index contributed by atoms with van der Waals surface area (Å²) >= 11 is 0. The molecule has 1 aromatic rings. The smallest absolute Gasteiger partial charge is 0.322 e. The van der Waals surface area contributed by atoms with Crippen molar-refractivity contribution in [2.75, 3.05) is 6.54 Å². The van der Waals surface area contributed by atoms with E-state index in [1.807, 2.05) is 31.4 Å². The Hall–Kier alpha value is -2.57. The average Bonchev–Trinajstić information content (AvgIpc) is 3.06. The number of carbonyl (C=O) groups excluding carboxylic acids is 2. The lowest BCUT2D eigenvalue weighted by atomic mass is 9.74. The van der Waals surface area contributed by atoms with Crippen LogP contribution in [0.15, 0.2) is 23.5 Å². The summed E-state index contributed by atoms with van der Waals surface area (Å²) in [7, 11) is 0. The van der Waals surface area contributed by atoms with E-state index in [1.54, 1.807) is 6.07 Å². The number of aromatic nitrogens is 1. The summed E-state index contributed by atoms with van der Waals surface area (Å²) < 4.78 is 1.93. The highest BCUT2D eigenvalue weighted by molar-refractivity contribution is 6.26. The summed E-state index contributed by atoms with van der Waals surface area (Å²) in [5.74, 6) is -2.85. The van der Waals surface area contributed by atoms with Crippen LogP contribution in [0.3, 0.4) is 0 Å². The Labute approximate surface area is 158 Å². The van der Waals surface area contributed by atoms with Gasteiger partial charge in [-0.25, -0.2) is 0 Å². The van der Waals surface area contributed by atoms with E-state index in [-0.39, 0.29) is 16.7 Å². The van der Waals surface area contributed by atoms with E-state index in [0.29, 0.717) is 18.5 Å². The Morgan fingerprint density at radius 3 is 2.37 bits per heavy atom. The van der Waals surface area contributed by atoms with Gasteiger partial charge >= 0.3 is 5.97 Å². The standard InChI is InChI=1S/C20H26N2O5/c1-19(2,3)13-8-7-12-16(25)15(18(27)21-11-14(23)24)17(26)20(22(12)13)9-5-4-6-10-20/h7-8,26H,4-6,9-11H2,1-3H3,(H,21,27)(H,23,24).